The summed E-state index contributed by atoms with van der Waals surface area (Å²) in [4.78, 5) is 19.4. The Morgan fingerprint density at radius 3 is 2.70 bits per heavy atom. The van der Waals surface area contributed by atoms with Crippen LogP contribution in [0, 0.1) is 0 Å². The standard InChI is InChI=1S/C23H25N3O3S/c1-2-26(14-18-16-28-19-10-6-7-11-20(19)29-18)15-21(27)25-22(23-24-12-13-30-23)17-8-4-3-5-9-17/h3-13,18,22H,2,14-16H2,1H3,(H,25,27). The van der Waals surface area contributed by atoms with E-state index in [-0.39, 0.29) is 24.6 Å². The molecule has 30 heavy (non-hydrogen) atoms. The van der Waals surface area contributed by atoms with E-state index in [1.54, 1.807) is 6.20 Å². The molecule has 3 aromatic rings. The van der Waals surface area contributed by atoms with Crippen molar-refractivity contribution < 1.29 is 14.3 Å². The average molecular weight is 424 g/mol. The third-order valence-electron chi connectivity index (χ3n) is 4.98. The van der Waals surface area contributed by atoms with E-state index in [0.29, 0.717) is 13.2 Å². The van der Waals surface area contributed by atoms with Gasteiger partial charge in [-0.25, -0.2) is 4.98 Å². The number of hydrogen-bond acceptors (Lipinski definition) is 6. The molecule has 0 saturated heterocycles. The van der Waals surface area contributed by atoms with Crippen molar-refractivity contribution in [2.24, 2.45) is 0 Å². The monoisotopic (exact) mass is 423 g/mol. The first-order valence-corrected chi connectivity index (χ1v) is 11.0. The largest absolute Gasteiger partial charge is 0.486 e. The van der Waals surface area contributed by atoms with Gasteiger partial charge < -0.3 is 14.8 Å². The van der Waals surface area contributed by atoms with Gasteiger partial charge in [0.15, 0.2) is 11.5 Å². The fraction of sp³-hybridized carbons (Fsp3) is 0.304. The Bertz CT molecular complexity index is 949. The molecule has 0 radical (unpaired) electrons. The molecule has 7 heteroatoms. The number of ether oxygens (including phenoxy) is 2. The molecule has 0 aliphatic carbocycles. The molecule has 0 spiro atoms. The molecule has 6 nitrogen and oxygen atoms in total. The molecule has 1 aliphatic heterocycles. The minimum absolute atomic E-state index is 0.0435. The maximum absolute atomic E-state index is 12.9. The maximum atomic E-state index is 12.9. The summed E-state index contributed by atoms with van der Waals surface area (Å²) in [6.07, 6.45) is 1.65. The van der Waals surface area contributed by atoms with E-state index in [4.69, 9.17) is 9.47 Å². The van der Waals surface area contributed by atoms with Crippen LogP contribution in [0.1, 0.15) is 23.5 Å². The third kappa shape index (κ3) is 4.98. The second-order valence-corrected chi connectivity index (χ2v) is 8.03. The zero-order valence-corrected chi connectivity index (χ0v) is 17.7. The highest BCUT2D eigenvalue weighted by Crippen LogP contribution is 2.31. The lowest BCUT2D eigenvalue weighted by Gasteiger charge is -2.30. The van der Waals surface area contributed by atoms with E-state index in [0.717, 1.165) is 28.6 Å². The van der Waals surface area contributed by atoms with Crippen LogP contribution < -0.4 is 14.8 Å². The van der Waals surface area contributed by atoms with Crippen molar-refractivity contribution in [2.45, 2.75) is 19.1 Å². The van der Waals surface area contributed by atoms with Gasteiger partial charge in [-0.05, 0) is 24.2 Å². The van der Waals surface area contributed by atoms with E-state index in [1.807, 2.05) is 66.9 Å². The van der Waals surface area contributed by atoms with E-state index >= 15 is 0 Å². The summed E-state index contributed by atoms with van der Waals surface area (Å²) in [5.41, 5.74) is 1.02. The highest BCUT2D eigenvalue weighted by atomic mass is 32.1. The lowest BCUT2D eigenvalue weighted by Crippen LogP contribution is -2.45. The number of rotatable bonds is 8. The molecule has 0 bridgehead atoms. The highest BCUT2D eigenvalue weighted by Gasteiger charge is 2.25. The molecule has 2 unspecified atom stereocenters. The molecule has 0 saturated carbocycles. The van der Waals surface area contributed by atoms with Gasteiger partial charge in [-0.3, -0.25) is 9.69 Å². The lowest BCUT2D eigenvalue weighted by atomic mass is 10.1. The van der Waals surface area contributed by atoms with Crippen LogP contribution in [0.5, 0.6) is 11.5 Å². The Balaban J connectivity index is 1.38. The smallest absolute Gasteiger partial charge is 0.235 e. The minimum Gasteiger partial charge on any atom is -0.486 e. The van der Waals surface area contributed by atoms with Crippen LogP contribution in [0.4, 0.5) is 0 Å². The van der Waals surface area contributed by atoms with Crippen molar-refractivity contribution in [1.29, 1.82) is 0 Å². The molecule has 156 valence electrons. The number of hydrogen-bond donors (Lipinski definition) is 1. The van der Waals surface area contributed by atoms with Gasteiger partial charge >= 0.3 is 0 Å². The lowest BCUT2D eigenvalue weighted by molar-refractivity contribution is -0.123. The van der Waals surface area contributed by atoms with Gasteiger partial charge in [0.05, 0.1) is 6.54 Å². The van der Waals surface area contributed by atoms with E-state index in [2.05, 4.69) is 15.2 Å². The number of likely N-dealkylation sites (N-methyl/N-ethyl adjacent to an activating group) is 1. The number of fused-ring (bicyclic) bond motifs is 1. The Morgan fingerprint density at radius 1 is 1.20 bits per heavy atom. The van der Waals surface area contributed by atoms with Crippen LogP contribution in [0.15, 0.2) is 66.2 Å². The van der Waals surface area contributed by atoms with Gasteiger partial charge in [0.1, 0.15) is 23.8 Å². The van der Waals surface area contributed by atoms with Crippen molar-refractivity contribution in [3.8, 4) is 11.5 Å². The fourth-order valence-corrected chi connectivity index (χ4v) is 4.18. The molecule has 1 N–H and O–H groups in total. The van der Waals surface area contributed by atoms with Crippen LogP contribution in [-0.4, -0.2) is 48.1 Å². The van der Waals surface area contributed by atoms with Gasteiger partial charge in [-0.15, -0.1) is 11.3 Å². The third-order valence-corrected chi connectivity index (χ3v) is 5.82. The average Bonchev–Trinajstić information content (AvgIpc) is 3.32. The number of amides is 1. The predicted octanol–water partition coefficient (Wildman–Crippen LogP) is 3.51. The Hall–Kier alpha value is -2.90. The van der Waals surface area contributed by atoms with Crippen LogP contribution in [-0.2, 0) is 4.79 Å². The molecule has 1 aliphatic rings. The minimum atomic E-state index is -0.251. The zero-order valence-electron chi connectivity index (χ0n) is 16.9. The Labute approximate surface area is 180 Å². The molecule has 1 amide bonds. The van der Waals surface area contributed by atoms with Gasteiger partial charge in [-0.2, -0.15) is 0 Å². The van der Waals surface area contributed by atoms with E-state index in [9.17, 15) is 4.79 Å². The molecular weight excluding hydrogens is 398 g/mol. The predicted molar refractivity (Wildman–Crippen MR) is 117 cm³/mol. The van der Waals surface area contributed by atoms with Crippen LogP contribution in [0.3, 0.4) is 0 Å². The topological polar surface area (TPSA) is 63.7 Å². The molecular formula is C23H25N3O3S. The van der Waals surface area contributed by atoms with E-state index < -0.39 is 0 Å². The van der Waals surface area contributed by atoms with Crippen LogP contribution in [0.25, 0.3) is 0 Å². The van der Waals surface area contributed by atoms with Crippen molar-refractivity contribution in [3.05, 3.63) is 76.7 Å². The number of carbonyl (C=O) groups is 1. The highest BCUT2D eigenvalue weighted by molar-refractivity contribution is 7.09. The summed E-state index contributed by atoms with van der Waals surface area (Å²) >= 11 is 1.54. The summed E-state index contributed by atoms with van der Waals surface area (Å²) < 4.78 is 11.8. The van der Waals surface area contributed by atoms with Crippen molar-refractivity contribution in [1.82, 2.24) is 15.2 Å². The Morgan fingerprint density at radius 2 is 1.97 bits per heavy atom. The molecule has 4 rings (SSSR count). The van der Waals surface area contributed by atoms with Gasteiger partial charge in [0, 0.05) is 18.1 Å². The number of thiazole rings is 1. The second-order valence-electron chi connectivity index (χ2n) is 7.11. The quantitative estimate of drug-likeness (QED) is 0.601. The fourth-order valence-electron chi connectivity index (χ4n) is 3.47. The summed E-state index contributed by atoms with van der Waals surface area (Å²) in [6, 6.07) is 17.3. The number of para-hydroxylation sites is 2. The zero-order chi connectivity index (χ0) is 20.8. The van der Waals surface area contributed by atoms with Gasteiger partial charge in [0.2, 0.25) is 5.91 Å². The summed E-state index contributed by atoms with van der Waals surface area (Å²) in [7, 11) is 0. The molecule has 2 aromatic carbocycles. The van der Waals surface area contributed by atoms with Crippen molar-refractivity contribution >= 4 is 17.2 Å². The van der Waals surface area contributed by atoms with E-state index in [1.165, 1.54) is 11.3 Å². The van der Waals surface area contributed by atoms with Crippen molar-refractivity contribution in [2.75, 3.05) is 26.2 Å². The van der Waals surface area contributed by atoms with Crippen molar-refractivity contribution in [3.63, 3.8) is 0 Å². The van der Waals surface area contributed by atoms with Crippen LogP contribution in [0.2, 0.25) is 0 Å². The molecule has 2 heterocycles. The summed E-state index contributed by atoms with van der Waals surface area (Å²) in [6.45, 7) is 4.15. The SMILES string of the molecule is CCN(CC(=O)NC(c1ccccc1)c1nccs1)CC1COc2ccccc2O1. The van der Waals surface area contributed by atoms with Gasteiger partial charge in [-0.1, -0.05) is 49.4 Å². The Kier molecular flexibility index (Phi) is 6.61. The summed E-state index contributed by atoms with van der Waals surface area (Å²) in [5.74, 6) is 1.48. The first-order chi connectivity index (χ1) is 14.7. The maximum Gasteiger partial charge on any atom is 0.235 e. The molecule has 2 atom stereocenters. The number of carbonyl (C=O) groups excluding carboxylic acids is 1. The summed E-state index contributed by atoms with van der Waals surface area (Å²) in [5, 5.41) is 5.95. The second kappa shape index (κ2) is 9.73. The molecule has 1 aromatic heterocycles. The van der Waals surface area contributed by atoms with Crippen LogP contribution >= 0.6 is 11.3 Å². The molecule has 0 fully saturated rings. The number of nitrogens with one attached hydrogen (secondary N) is 1. The number of nitrogens with zero attached hydrogens (tertiary/aromatic N) is 2. The number of aromatic nitrogens is 1. The first kappa shape index (κ1) is 20.4. The van der Waals surface area contributed by atoms with Gasteiger partial charge in [0.25, 0.3) is 0 Å². The normalized spacial score (nSPS) is 16.3. The number of benzene rings is 2. The first-order valence-electron chi connectivity index (χ1n) is 10.1.